The van der Waals surface area contributed by atoms with Crippen LogP contribution in [0.1, 0.15) is 26.3 Å². The molecule has 0 saturated heterocycles. The van der Waals surface area contributed by atoms with E-state index >= 15 is 0 Å². The number of carbonyl (C=O) groups excluding carboxylic acids is 1. The summed E-state index contributed by atoms with van der Waals surface area (Å²) in [6.45, 7) is 5.10. The lowest BCUT2D eigenvalue weighted by Crippen LogP contribution is -2.27. The zero-order chi connectivity index (χ0) is 24.4. The fourth-order valence-corrected chi connectivity index (χ4v) is 2.89. The van der Waals surface area contributed by atoms with Gasteiger partial charge in [-0.2, -0.15) is 18.2 Å². The molecule has 0 saturated carbocycles. The first-order chi connectivity index (χ1) is 15.3. The molecule has 11 heteroatoms. The first-order valence-corrected chi connectivity index (χ1v) is 9.96. The fraction of sp³-hybridized carbons (Fsp3) is 0.227. The summed E-state index contributed by atoms with van der Waals surface area (Å²) >= 11 is 5.88. The van der Waals surface area contributed by atoms with E-state index in [4.69, 9.17) is 16.3 Å². The molecule has 0 fully saturated rings. The SMILES string of the molecule is CC(C)(C)OC(=O)Nc1ccc(F)c(Nc2nc(Cl)ncc2-c2ccc(C(F)(F)F)cc2)c1. The highest BCUT2D eigenvalue weighted by Crippen LogP contribution is 2.34. The number of rotatable bonds is 4. The van der Waals surface area contributed by atoms with Crippen molar-refractivity contribution in [2.45, 2.75) is 32.5 Å². The van der Waals surface area contributed by atoms with Gasteiger partial charge in [-0.1, -0.05) is 12.1 Å². The Morgan fingerprint density at radius 3 is 2.33 bits per heavy atom. The predicted octanol–water partition coefficient (Wildman–Crippen LogP) is 7.05. The molecule has 0 radical (unpaired) electrons. The van der Waals surface area contributed by atoms with Gasteiger partial charge in [-0.05, 0) is 68.3 Å². The number of benzene rings is 2. The molecule has 0 atom stereocenters. The van der Waals surface area contributed by atoms with E-state index in [1.807, 2.05) is 0 Å². The van der Waals surface area contributed by atoms with Crippen LogP contribution in [-0.4, -0.2) is 21.7 Å². The number of alkyl halides is 3. The average molecular weight is 483 g/mol. The van der Waals surface area contributed by atoms with Crippen LogP contribution in [0.25, 0.3) is 11.1 Å². The van der Waals surface area contributed by atoms with Gasteiger partial charge in [0.05, 0.1) is 11.3 Å². The molecule has 0 bridgehead atoms. The minimum atomic E-state index is -4.49. The minimum absolute atomic E-state index is 0.0584. The van der Waals surface area contributed by atoms with Crippen LogP contribution in [0.15, 0.2) is 48.7 Å². The maximum Gasteiger partial charge on any atom is 0.416 e. The molecule has 0 spiro atoms. The second-order valence-electron chi connectivity index (χ2n) is 7.92. The van der Waals surface area contributed by atoms with Gasteiger partial charge in [0.25, 0.3) is 0 Å². The van der Waals surface area contributed by atoms with Crippen LogP contribution in [0, 0.1) is 5.82 Å². The summed E-state index contributed by atoms with van der Waals surface area (Å²) in [6, 6.07) is 8.10. The molecule has 1 heterocycles. The van der Waals surface area contributed by atoms with E-state index < -0.39 is 29.3 Å². The summed E-state index contributed by atoms with van der Waals surface area (Å²) in [5.74, 6) is -0.610. The highest BCUT2D eigenvalue weighted by molar-refractivity contribution is 6.28. The van der Waals surface area contributed by atoms with Gasteiger partial charge >= 0.3 is 12.3 Å². The Balaban J connectivity index is 1.91. The molecule has 1 aromatic heterocycles. The molecular weight excluding hydrogens is 464 g/mol. The number of nitrogens with zero attached hydrogens (tertiary/aromatic N) is 2. The Kier molecular flexibility index (Phi) is 6.78. The Hall–Kier alpha value is -3.40. The van der Waals surface area contributed by atoms with E-state index in [2.05, 4.69) is 20.6 Å². The van der Waals surface area contributed by atoms with E-state index in [-0.39, 0.29) is 28.0 Å². The van der Waals surface area contributed by atoms with Crippen molar-refractivity contribution < 1.29 is 27.1 Å². The van der Waals surface area contributed by atoms with Gasteiger partial charge in [0.15, 0.2) is 0 Å². The third kappa shape index (κ3) is 6.55. The summed E-state index contributed by atoms with van der Waals surface area (Å²) in [5, 5.41) is 5.10. The highest BCUT2D eigenvalue weighted by atomic mass is 35.5. The van der Waals surface area contributed by atoms with E-state index in [1.165, 1.54) is 30.5 Å². The maximum absolute atomic E-state index is 14.5. The number of ether oxygens (including phenoxy) is 1. The second kappa shape index (κ2) is 9.22. The van der Waals surface area contributed by atoms with Crippen molar-refractivity contribution in [1.82, 2.24) is 9.97 Å². The van der Waals surface area contributed by atoms with Crippen molar-refractivity contribution in [2.75, 3.05) is 10.6 Å². The number of carbonyl (C=O) groups is 1. The van der Waals surface area contributed by atoms with Crippen molar-refractivity contribution in [2.24, 2.45) is 0 Å². The summed E-state index contributed by atoms with van der Waals surface area (Å²) in [5.41, 5.74) is -0.721. The fourth-order valence-electron chi connectivity index (χ4n) is 2.75. The molecule has 33 heavy (non-hydrogen) atoms. The van der Waals surface area contributed by atoms with Gasteiger partial charge in [-0.3, -0.25) is 5.32 Å². The van der Waals surface area contributed by atoms with Crippen LogP contribution in [0.4, 0.5) is 39.5 Å². The standard InChI is InChI=1S/C22H19ClF4N4O2/c1-21(2,3)33-20(32)29-14-8-9-16(24)17(10-14)30-18-15(11-28-19(23)31-18)12-4-6-13(7-5-12)22(25,26)27/h4-11H,1-3H3,(H,29,32)(H,28,30,31). The van der Waals surface area contributed by atoms with E-state index in [0.29, 0.717) is 5.56 Å². The zero-order valence-electron chi connectivity index (χ0n) is 17.7. The molecule has 1 amide bonds. The summed E-state index contributed by atoms with van der Waals surface area (Å²) in [6.07, 6.45) is -3.91. The van der Waals surface area contributed by atoms with Crippen LogP contribution < -0.4 is 10.6 Å². The van der Waals surface area contributed by atoms with E-state index in [0.717, 1.165) is 18.2 Å². The van der Waals surface area contributed by atoms with Crippen molar-refractivity contribution in [3.05, 3.63) is 65.3 Å². The van der Waals surface area contributed by atoms with Crippen LogP contribution >= 0.6 is 11.6 Å². The molecule has 0 aliphatic carbocycles. The molecular formula is C22H19ClF4N4O2. The summed E-state index contributed by atoms with van der Waals surface area (Å²) < 4.78 is 58.3. The lowest BCUT2D eigenvalue weighted by Gasteiger charge is -2.20. The van der Waals surface area contributed by atoms with Gasteiger partial charge in [0.2, 0.25) is 5.28 Å². The molecule has 0 aliphatic heterocycles. The Bertz CT molecular complexity index is 1160. The van der Waals surface area contributed by atoms with Gasteiger partial charge in [0, 0.05) is 17.4 Å². The second-order valence-corrected chi connectivity index (χ2v) is 8.26. The average Bonchev–Trinajstić information content (AvgIpc) is 2.69. The monoisotopic (exact) mass is 482 g/mol. The molecule has 174 valence electrons. The third-order valence-electron chi connectivity index (χ3n) is 4.15. The predicted molar refractivity (Wildman–Crippen MR) is 117 cm³/mol. The maximum atomic E-state index is 14.5. The largest absolute Gasteiger partial charge is 0.444 e. The minimum Gasteiger partial charge on any atom is -0.444 e. The van der Waals surface area contributed by atoms with Crippen LogP contribution in [0.2, 0.25) is 5.28 Å². The number of hydrogen-bond acceptors (Lipinski definition) is 5. The Morgan fingerprint density at radius 2 is 1.73 bits per heavy atom. The van der Waals surface area contributed by atoms with Crippen molar-refractivity contribution in [3.8, 4) is 11.1 Å². The summed E-state index contributed by atoms with van der Waals surface area (Å²) in [4.78, 5) is 19.9. The van der Waals surface area contributed by atoms with Gasteiger partial charge in [0.1, 0.15) is 17.2 Å². The molecule has 0 aliphatic rings. The third-order valence-corrected chi connectivity index (χ3v) is 4.33. The molecule has 0 unspecified atom stereocenters. The van der Waals surface area contributed by atoms with Crippen LogP contribution in [0.3, 0.4) is 0 Å². The van der Waals surface area contributed by atoms with Crippen molar-refractivity contribution in [3.63, 3.8) is 0 Å². The normalized spacial score (nSPS) is 11.8. The summed E-state index contributed by atoms with van der Waals surface area (Å²) in [7, 11) is 0. The lowest BCUT2D eigenvalue weighted by molar-refractivity contribution is -0.137. The van der Waals surface area contributed by atoms with E-state index in [9.17, 15) is 22.4 Å². The van der Waals surface area contributed by atoms with Crippen molar-refractivity contribution in [1.29, 1.82) is 0 Å². The topological polar surface area (TPSA) is 76.1 Å². The molecule has 3 aromatic rings. The van der Waals surface area contributed by atoms with Crippen LogP contribution in [0.5, 0.6) is 0 Å². The zero-order valence-corrected chi connectivity index (χ0v) is 18.5. The molecule has 2 N–H and O–H groups in total. The lowest BCUT2D eigenvalue weighted by atomic mass is 10.1. The number of aromatic nitrogens is 2. The number of nitrogens with one attached hydrogen (secondary N) is 2. The Labute approximate surface area is 192 Å². The molecule has 6 nitrogen and oxygen atoms in total. The van der Waals surface area contributed by atoms with E-state index in [1.54, 1.807) is 20.8 Å². The first-order valence-electron chi connectivity index (χ1n) is 9.58. The molecule has 3 rings (SSSR count). The first kappa shape index (κ1) is 24.2. The smallest absolute Gasteiger partial charge is 0.416 e. The van der Waals surface area contributed by atoms with Crippen LogP contribution in [-0.2, 0) is 10.9 Å². The highest BCUT2D eigenvalue weighted by Gasteiger charge is 2.30. The number of hydrogen-bond donors (Lipinski definition) is 2. The Morgan fingerprint density at radius 1 is 1.06 bits per heavy atom. The quantitative estimate of drug-likeness (QED) is 0.308. The van der Waals surface area contributed by atoms with Gasteiger partial charge in [-0.15, -0.1) is 0 Å². The van der Waals surface area contributed by atoms with Crippen molar-refractivity contribution >= 4 is 34.9 Å². The number of amides is 1. The van der Waals surface area contributed by atoms with Gasteiger partial charge in [-0.25, -0.2) is 14.2 Å². The van der Waals surface area contributed by atoms with Gasteiger partial charge < -0.3 is 10.1 Å². The molecule has 2 aromatic carbocycles. The number of anilines is 3. The number of halogens is 5.